The summed E-state index contributed by atoms with van der Waals surface area (Å²) in [6.45, 7) is 2.51. The van der Waals surface area contributed by atoms with Crippen molar-refractivity contribution in [3.63, 3.8) is 0 Å². The number of likely N-dealkylation sites (tertiary alicyclic amines) is 1. The molecule has 0 spiro atoms. The van der Waals surface area contributed by atoms with Gasteiger partial charge >= 0.3 is 0 Å². The van der Waals surface area contributed by atoms with Gasteiger partial charge in [-0.3, -0.25) is 4.90 Å². The Hall–Kier alpha value is 0.270. The molecule has 0 radical (unpaired) electrons. The predicted molar refractivity (Wildman–Crippen MR) is 75.6 cm³/mol. The van der Waals surface area contributed by atoms with Crippen molar-refractivity contribution in [2.24, 2.45) is 5.92 Å². The lowest BCUT2D eigenvalue weighted by atomic mass is 9.80. The van der Waals surface area contributed by atoms with Gasteiger partial charge in [-0.25, -0.2) is 0 Å². The van der Waals surface area contributed by atoms with Gasteiger partial charge in [0.05, 0.1) is 6.10 Å². The SMILES string of the molecule is CSCCCN1CCCC1C1CCCCC1O. The van der Waals surface area contributed by atoms with Crippen molar-refractivity contribution >= 4 is 11.8 Å². The highest BCUT2D eigenvalue weighted by Gasteiger charge is 2.36. The average Bonchev–Trinajstić information content (AvgIpc) is 2.78. The molecule has 0 aromatic heterocycles. The zero-order valence-corrected chi connectivity index (χ0v) is 11.9. The maximum absolute atomic E-state index is 10.2. The van der Waals surface area contributed by atoms with Crippen LogP contribution in [0.2, 0.25) is 0 Å². The summed E-state index contributed by atoms with van der Waals surface area (Å²) in [5.74, 6) is 1.84. The molecule has 2 aliphatic rings. The third kappa shape index (κ3) is 3.62. The van der Waals surface area contributed by atoms with E-state index in [9.17, 15) is 5.11 Å². The molecule has 3 heteroatoms. The zero-order chi connectivity index (χ0) is 12.1. The molecule has 1 heterocycles. The van der Waals surface area contributed by atoms with Crippen LogP contribution in [0, 0.1) is 5.92 Å². The van der Waals surface area contributed by atoms with Crippen LogP contribution in [0.4, 0.5) is 0 Å². The van der Waals surface area contributed by atoms with Crippen molar-refractivity contribution in [2.75, 3.05) is 25.1 Å². The Morgan fingerprint density at radius 2 is 2.00 bits per heavy atom. The normalized spacial score (nSPS) is 35.3. The van der Waals surface area contributed by atoms with Gasteiger partial charge in [0.25, 0.3) is 0 Å². The van der Waals surface area contributed by atoms with E-state index in [1.54, 1.807) is 0 Å². The standard InChI is InChI=1S/C14H27NOS/c1-17-11-5-10-15-9-4-7-13(15)12-6-2-3-8-14(12)16/h12-14,16H,2-11H2,1H3. The first kappa shape index (κ1) is 13.7. The first-order valence-electron chi connectivity index (χ1n) is 7.24. The lowest BCUT2D eigenvalue weighted by Crippen LogP contribution is -2.43. The predicted octanol–water partition coefficient (Wildman–Crippen LogP) is 2.76. The molecule has 2 fully saturated rings. The van der Waals surface area contributed by atoms with Crippen molar-refractivity contribution in [1.82, 2.24) is 4.90 Å². The molecule has 1 N–H and O–H groups in total. The van der Waals surface area contributed by atoms with Gasteiger partial charge in [0.2, 0.25) is 0 Å². The zero-order valence-electron chi connectivity index (χ0n) is 11.1. The number of hydrogen-bond acceptors (Lipinski definition) is 3. The molecule has 0 amide bonds. The van der Waals surface area contributed by atoms with Gasteiger partial charge in [-0.1, -0.05) is 12.8 Å². The van der Waals surface area contributed by atoms with Gasteiger partial charge in [0.15, 0.2) is 0 Å². The highest BCUT2D eigenvalue weighted by molar-refractivity contribution is 7.98. The van der Waals surface area contributed by atoms with Crippen LogP contribution in [-0.4, -0.2) is 47.3 Å². The van der Waals surface area contributed by atoms with Gasteiger partial charge in [0.1, 0.15) is 0 Å². The van der Waals surface area contributed by atoms with Gasteiger partial charge in [-0.15, -0.1) is 0 Å². The molecule has 3 atom stereocenters. The molecule has 0 aromatic rings. The van der Waals surface area contributed by atoms with E-state index < -0.39 is 0 Å². The number of rotatable bonds is 5. The number of aliphatic hydroxyl groups is 1. The van der Waals surface area contributed by atoms with E-state index in [0.29, 0.717) is 12.0 Å². The number of hydrogen-bond donors (Lipinski definition) is 1. The average molecular weight is 257 g/mol. The summed E-state index contributed by atoms with van der Waals surface area (Å²) in [7, 11) is 0. The van der Waals surface area contributed by atoms with Crippen LogP contribution in [0.5, 0.6) is 0 Å². The third-order valence-corrected chi connectivity index (χ3v) is 5.18. The molecular weight excluding hydrogens is 230 g/mol. The second kappa shape index (κ2) is 7.01. The smallest absolute Gasteiger partial charge is 0.0583 e. The Morgan fingerprint density at radius 1 is 1.18 bits per heavy atom. The summed E-state index contributed by atoms with van der Waals surface area (Å²) in [5.41, 5.74) is 0. The van der Waals surface area contributed by atoms with Gasteiger partial charge in [-0.2, -0.15) is 11.8 Å². The first-order chi connectivity index (χ1) is 8.33. The van der Waals surface area contributed by atoms with Crippen LogP contribution in [0.3, 0.4) is 0 Å². The Labute approximate surface area is 110 Å². The first-order valence-corrected chi connectivity index (χ1v) is 8.63. The van der Waals surface area contributed by atoms with E-state index in [-0.39, 0.29) is 6.10 Å². The molecule has 2 nitrogen and oxygen atoms in total. The second-order valence-electron chi connectivity index (χ2n) is 5.61. The summed E-state index contributed by atoms with van der Waals surface area (Å²) >= 11 is 1.95. The van der Waals surface area contributed by atoms with Gasteiger partial charge in [0, 0.05) is 12.0 Å². The van der Waals surface area contributed by atoms with Crippen molar-refractivity contribution in [1.29, 1.82) is 0 Å². The van der Waals surface area contributed by atoms with Crippen molar-refractivity contribution < 1.29 is 5.11 Å². The van der Waals surface area contributed by atoms with Crippen LogP contribution in [0.1, 0.15) is 44.9 Å². The summed E-state index contributed by atoms with van der Waals surface area (Å²) in [6, 6.07) is 0.687. The van der Waals surface area contributed by atoms with Crippen LogP contribution in [0.15, 0.2) is 0 Å². The van der Waals surface area contributed by atoms with Crippen LogP contribution >= 0.6 is 11.8 Å². The second-order valence-corrected chi connectivity index (χ2v) is 6.59. The molecule has 1 saturated carbocycles. The van der Waals surface area contributed by atoms with Crippen molar-refractivity contribution in [3.05, 3.63) is 0 Å². The third-order valence-electron chi connectivity index (χ3n) is 4.48. The Morgan fingerprint density at radius 3 is 2.76 bits per heavy atom. The van der Waals surface area contributed by atoms with Gasteiger partial charge in [-0.05, 0) is 57.2 Å². The van der Waals surface area contributed by atoms with E-state index in [4.69, 9.17) is 0 Å². The maximum atomic E-state index is 10.2. The fourth-order valence-electron chi connectivity index (χ4n) is 3.62. The minimum Gasteiger partial charge on any atom is -0.393 e. The Kier molecular flexibility index (Phi) is 5.64. The minimum absolute atomic E-state index is 0.0186. The number of nitrogens with zero attached hydrogens (tertiary/aromatic N) is 1. The van der Waals surface area contributed by atoms with E-state index in [2.05, 4.69) is 11.2 Å². The van der Waals surface area contributed by atoms with E-state index in [1.807, 2.05) is 11.8 Å². The molecule has 100 valence electrons. The fourth-order valence-corrected chi connectivity index (χ4v) is 4.03. The van der Waals surface area contributed by atoms with Gasteiger partial charge < -0.3 is 5.11 Å². The minimum atomic E-state index is -0.0186. The maximum Gasteiger partial charge on any atom is 0.0583 e. The van der Waals surface area contributed by atoms with Crippen LogP contribution in [0.25, 0.3) is 0 Å². The molecule has 1 saturated heterocycles. The topological polar surface area (TPSA) is 23.5 Å². The van der Waals surface area contributed by atoms with Crippen molar-refractivity contribution in [2.45, 2.75) is 57.1 Å². The highest BCUT2D eigenvalue weighted by atomic mass is 32.2. The molecule has 0 bridgehead atoms. The summed E-state index contributed by atoms with van der Waals surface area (Å²) in [6.07, 6.45) is 11.0. The number of thioether (sulfide) groups is 1. The largest absolute Gasteiger partial charge is 0.393 e. The molecule has 3 unspecified atom stereocenters. The van der Waals surface area contributed by atoms with E-state index in [1.165, 1.54) is 57.4 Å². The monoisotopic (exact) mass is 257 g/mol. The molecule has 0 aromatic carbocycles. The van der Waals surface area contributed by atoms with Crippen LogP contribution < -0.4 is 0 Å². The summed E-state index contributed by atoms with van der Waals surface area (Å²) < 4.78 is 0. The quantitative estimate of drug-likeness (QED) is 0.766. The van der Waals surface area contributed by atoms with E-state index >= 15 is 0 Å². The van der Waals surface area contributed by atoms with E-state index in [0.717, 1.165) is 6.42 Å². The lowest BCUT2D eigenvalue weighted by Gasteiger charge is -2.37. The molecule has 1 aliphatic heterocycles. The summed E-state index contributed by atoms with van der Waals surface area (Å²) in [4.78, 5) is 2.66. The number of aliphatic hydroxyl groups excluding tert-OH is 1. The molecule has 2 rings (SSSR count). The fraction of sp³-hybridized carbons (Fsp3) is 1.00. The highest BCUT2D eigenvalue weighted by Crippen LogP contribution is 2.34. The Bertz CT molecular complexity index is 224. The molecule has 17 heavy (non-hydrogen) atoms. The lowest BCUT2D eigenvalue weighted by molar-refractivity contribution is 0.0223. The summed E-state index contributed by atoms with van der Waals surface area (Å²) in [5, 5.41) is 10.2. The molecular formula is C14H27NOS. The Balaban J connectivity index is 1.84. The van der Waals surface area contributed by atoms with Crippen molar-refractivity contribution in [3.8, 4) is 0 Å². The van der Waals surface area contributed by atoms with Crippen LogP contribution in [-0.2, 0) is 0 Å². The molecule has 1 aliphatic carbocycles.